The van der Waals surface area contributed by atoms with Crippen LogP contribution in [0.5, 0.6) is 0 Å². The molecule has 0 bridgehead atoms. The van der Waals surface area contributed by atoms with Gasteiger partial charge in [0, 0.05) is 19.6 Å². The summed E-state index contributed by atoms with van der Waals surface area (Å²) < 4.78 is 0. The first-order valence-corrected chi connectivity index (χ1v) is 7.15. The summed E-state index contributed by atoms with van der Waals surface area (Å²) in [5.74, 6) is 0.242. The van der Waals surface area contributed by atoms with E-state index in [4.69, 9.17) is 5.11 Å². The average molecular weight is 268 g/mol. The van der Waals surface area contributed by atoms with Gasteiger partial charge in [0.1, 0.15) is 5.78 Å². The highest BCUT2D eigenvalue weighted by Gasteiger charge is 2.47. The number of carbonyl (C=O) groups is 1. The lowest BCUT2D eigenvalue weighted by molar-refractivity contribution is -0.136. The van der Waals surface area contributed by atoms with Crippen molar-refractivity contribution in [3.8, 4) is 0 Å². The molecule has 3 N–H and O–H groups in total. The molecule has 4 nitrogen and oxygen atoms in total. The molecular weight excluding hydrogens is 244 g/mol. The topological polar surface area (TPSA) is 77.8 Å². The second-order valence-electron chi connectivity index (χ2n) is 6.19. The minimum atomic E-state index is -1.11. The third-order valence-electron chi connectivity index (χ3n) is 4.77. The molecule has 4 heteroatoms. The zero-order valence-electron chi connectivity index (χ0n) is 11.5. The Balaban J connectivity index is 2.21. The highest BCUT2D eigenvalue weighted by molar-refractivity contribution is 5.83. The maximum atomic E-state index is 12.2. The normalized spacial score (nSPS) is 41.9. The van der Waals surface area contributed by atoms with E-state index in [1.807, 2.05) is 6.08 Å². The van der Waals surface area contributed by atoms with E-state index >= 15 is 0 Å². The van der Waals surface area contributed by atoms with Crippen molar-refractivity contribution in [2.24, 2.45) is 23.7 Å². The van der Waals surface area contributed by atoms with Gasteiger partial charge in [-0.25, -0.2) is 0 Å². The fraction of sp³-hybridized carbons (Fsp3) is 0.800. The Morgan fingerprint density at radius 3 is 2.74 bits per heavy atom. The Labute approximate surface area is 114 Å². The van der Waals surface area contributed by atoms with Crippen LogP contribution in [0, 0.1) is 23.7 Å². The lowest BCUT2D eigenvalue weighted by Crippen LogP contribution is -2.49. The van der Waals surface area contributed by atoms with Crippen LogP contribution in [0.3, 0.4) is 0 Å². The van der Waals surface area contributed by atoms with Crippen LogP contribution in [0.4, 0.5) is 0 Å². The van der Waals surface area contributed by atoms with Crippen LogP contribution in [0.2, 0.25) is 0 Å². The predicted octanol–water partition coefficient (Wildman–Crippen LogP) is 0.900. The third-order valence-corrected chi connectivity index (χ3v) is 4.77. The standard InChI is InChI=1S/C15H24O4/c1-15(19)6-4-11-8-10(9-17)2-3-12(11)14(15)13(18)5-7-16/h4,6,10-12,14,16-17,19H,2-3,5,7-9H2,1H3/t10-,11-,12-,14-,15+/m0/s1. The van der Waals surface area contributed by atoms with Gasteiger partial charge in [-0.1, -0.05) is 12.2 Å². The van der Waals surface area contributed by atoms with Crippen molar-refractivity contribution >= 4 is 5.78 Å². The Morgan fingerprint density at radius 1 is 1.37 bits per heavy atom. The molecule has 0 radical (unpaired) electrons. The molecule has 19 heavy (non-hydrogen) atoms. The minimum absolute atomic E-state index is 0.0469. The molecule has 1 saturated carbocycles. The van der Waals surface area contributed by atoms with Gasteiger partial charge in [-0.3, -0.25) is 4.79 Å². The molecule has 2 aliphatic rings. The van der Waals surface area contributed by atoms with Crippen molar-refractivity contribution in [2.45, 2.75) is 38.2 Å². The van der Waals surface area contributed by atoms with Crippen molar-refractivity contribution in [2.75, 3.05) is 13.2 Å². The number of carbonyl (C=O) groups excluding carboxylic acids is 1. The second kappa shape index (κ2) is 5.73. The second-order valence-corrected chi connectivity index (χ2v) is 6.19. The minimum Gasteiger partial charge on any atom is -0.396 e. The van der Waals surface area contributed by atoms with Gasteiger partial charge in [0.15, 0.2) is 0 Å². The molecule has 0 aliphatic heterocycles. The maximum absolute atomic E-state index is 12.2. The number of hydrogen-bond acceptors (Lipinski definition) is 4. The first-order chi connectivity index (χ1) is 8.99. The van der Waals surface area contributed by atoms with Crippen LogP contribution < -0.4 is 0 Å². The van der Waals surface area contributed by atoms with Gasteiger partial charge in [0.2, 0.25) is 0 Å². The van der Waals surface area contributed by atoms with Gasteiger partial charge in [-0.15, -0.1) is 0 Å². The van der Waals surface area contributed by atoms with E-state index in [0.29, 0.717) is 5.92 Å². The molecule has 2 rings (SSSR count). The molecule has 0 heterocycles. The summed E-state index contributed by atoms with van der Waals surface area (Å²) in [5.41, 5.74) is -1.11. The van der Waals surface area contributed by atoms with Crippen molar-refractivity contribution in [1.82, 2.24) is 0 Å². The zero-order valence-corrected chi connectivity index (χ0v) is 11.5. The van der Waals surface area contributed by atoms with Crippen LogP contribution in [-0.2, 0) is 4.79 Å². The number of allylic oxidation sites excluding steroid dienone is 1. The summed E-state index contributed by atoms with van der Waals surface area (Å²) in [6, 6.07) is 0. The highest BCUT2D eigenvalue weighted by atomic mass is 16.3. The summed E-state index contributed by atoms with van der Waals surface area (Å²) in [5, 5.41) is 28.7. The highest BCUT2D eigenvalue weighted by Crippen LogP contribution is 2.46. The smallest absolute Gasteiger partial charge is 0.141 e. The van der Waals surface area contributed by atoms with E-state index in [1.54, 1.807) is 13.0 Å². The number of fused-ring (bicyclic) bond motifs is 1. The van der Waals surface area contributed by atoms with Crippen molar-refractivity contribution < 1.29 is 20.1 Å². The van der Waals surface area contributed by atoms with E-state index in [-0.39, 0.29) is 37.3 Å². The number of hydrogen-bond donors (Lipinski definition) is 3. The number of ketones is 1. The molecule has 5 atom stereocenters. The Hall–Kier alpha value is -0.710. The summed E-state index contributed by atoms with van der Waals surface area (Å²) in [6.07, 6.45) is 6.50. The molecule has 0 spiro atoms. The van der Waals surface area contributed by atoms with E-state index in [1.165, 1.54) is 0 Å². The number of rotatable bonds is 4. The molecule has 0 saturated heterocycles. The Bertz CT molecular complexity index is 361. The van der Waals surface area contributed by atoms with E-state index in [2.05, 4.69) is 0 Å². The number of aliphatic hydroxyl groups excluding tert-OH is 2. The summed E-state index contributed by atoms with van der Waals surface area (Å²) >= 11 is 0. The molecule has 0 aromatic rings. The molecule has 0 aromatic heterocycles. The fourth-order valence-corrected chi connectivity index (χ4v) is 3.81. The first kappa shape index (κ1) is 14.7. The summed E-state index contributed by atoms with van der Waals surface area (Å²) in [6.45, 7) is 1.71. The quantitative estimate of drug-likeness (QED) is 0.662. The van der Waals surface area contributed by atoms with Crippen LogP contribution in [-0.4, -0.2) is 39.9 Å². The van der Waals surface area contributed by atoms with Crippen LogP contribution in [0.15, 0.2) is 12.2 Å². The van der Waals surface area contributed by atoms with E-state index < -0.39 is 11.5 Å². The summed E-state index contributed by atoms with van der Waals surface area (Å²) in [4.78, 5) is 12.2. The van der Waals surface area contributed by atoms with Gasteiger partial charge in [0.05, 0.1) is 11.5 Å². The van der Waals surface area contributed by atoms with Crippen LogP contribution in [0.1, 0.15) is 32.6 Å². The lowest BCUT2D eigenvalue weighted by atomic mass is 9.60. The van der Waals surface area contributed by atoms with Gasteiger partial charge >= 0.3 is 0 Å². The SMILES string of the molecule is C[C@@]1(O)C=C[C@H]2C[C@@H](CO)CC[C@@H]2[C@H]1C(=O)CCO. The maximum Gasteiger partial charge on any atom is 0.141 e. The molecule has 2 aliphatic carbocycles. The van der Waals surface area contributed by atoms with Gasteiger partial charge in [-0.05, 0) is 43.9 Å². The van der Waals surface area contributed by atoms with E-state index in [0.717, 1.165) is 19.3 Å². The van der Waals surface area contributed by atoms with Crippen LogP contribution in [0.25, 0.3) is 0 Å². The molecule has 1 fully saturated rings. The number of aliphatic hydroxyl groups is 3. The molecule has 0 unspecified atom stereocenters. The molecule has 0 aromatic carbocycles. The van der Waals surface area contributed by atoms with Crippen molar-refractivity contribution in [3.63, 3.8) is 0 Å². The van der Waals surface area contributed by atoms with Crippen molar-refractivity contribution in [3.05, 3.63) is 12.2 Å². The Morgan fingerprint density at radius 2 is 2.11 bits per heavy atom. The average Bonchev–Trinajstić information content (AvgIpc) is 2.37. The first-order valence-electron chi connectivity index (χ1n) is 7.15. The van der Waals surface area contributed by atoms with Gasteiger partial charge < -0.3 is 15.3 Å². The summed E-state index contributed by atoms with van der Waals surface area (Å²) in [7, 11) is 0. The van der Waals surface area contributed by atoms with Crippen molar-refractivity contribution in [1.29, 1.82) is 0 Å². The van der Waals surface area contributed by atoms with Crippen LogP contribution >= 0.6 is 0 Å². The molecular formula is C15H24O4. The predicted molar refractivity (Wildman–Crippen MR) is 71.4 cm³/mol. The number of Topliss-reactive ketones (excluding diaryl/α,β-unsaturated/α-hetero) is 1. The van der Waals surface area contributed by atoms with Gasteiger partial charge in [-0.2, -0.15) is 0 Å². The Kier molecular flexibility index (Phi) is 4.43. The fourth-order valence-electron chi connectivity index (χ4n) is 3.81. The van der Waals surface area contributed by atoms with Gasteiger partial charge in [0.25, 0.3) is 0 Å². The monoisotopic (exact) mass is 268 g/mol. The largest absolute Gasteiger partial charge is 0.396 e. The molecule has 108 valence electrons. The third kappa shape index (κ3) is 2.91. The molecule has 0 amide bonds. The zero-order chi connectivity index (χ0) is 14.0. The lowest BCUT2D eigenvalue weighted by Gasteiger charge is -2.46. The van der Waals surface area contributed by atoms with E-state index in [9.17, 15) is 15.0 Å².